The molecular formula is C15H10F2N2O. The second kappa shape index (κ2) is 5.93. The van der Waals surface area contributed by atoms with Crippen molar-refractivity contribution in [2.75, 3.05) is 5.32 Å². The molecule has 2 aromatic rings. The van der Waals surface area contributed by atoms with E-state index in [0.29, 0.717) is 11.3 Å². The second-order valence-corrected chi connectivity index (χ2v) is 4.15. The van der Waals surface area contributed by atoms with Crippen LogP contribution in [0.2, 0.25) is 0 Å². The molecule has 0 bridgehead atoms. The van der Waals surface area contributed by atoms with Gasteiger partial charge in [0.1, 0.15) is 11.6 Å². The molecule has 0 aliphatic heterocycles. The normalized spacial score (nSPS) is 9.85. The number of carbonyl (C=O) groups excluding carboxylic acids is 1. The first-order chi connectivity index (χ1) is 9.58. The molecule has 0 aliphatic carbocycles. The third kappa shape index (κ3) is 3.39. The van der Waals surface area contributed by atoms with Crippen LogP contribution in [0.25, 0.3) is 0 Å². The van der Waals surface area contributed by atoms with Crippen molar-refractivity contribution in [3.05, 3.63) is 65.2 Å². The number of amides is 1. The monoisotopic (exact) mass is 272 g/mol. The van der Waals surface area contributed by atoms with Crippen molar-refractivity contribution in [3.8, 4) is 6.07 Å². The highest BCUT2D eigenvalue weighted by atomic mass is 19.1. The Bertz CT molecular complexity index is 675. The van der Waals surface area contributed by atoms with Crippen molar-refractivity contribution in [1.82, 2.24) is 0 Å². The van der Waals surface area contributed by atoms with E-state index in [-0.39, 0.29) is 12.0 Å². The summed E-state index contributed by atoms with van der Waals surface area (Å²) in [6, 6.07) is 11.3. The smallest absolute Gasteiger partial charge is 0.228 e. The summed E-state index contributed by atoms with van der Waals surface area (Å²) < 4.78 is 26.1. The summed E-state index contributed by atoms with van der Waals surface area (Å²) in [6.07, 6.45) is -0.188. The van der Waals surface area contributed by atoms with Crippen LogP contribution in [-0.2, 0) is 11.2 Å². The molecule has 0 aromatic heterocycles. The van der Waals surface area contributed by atoms with E-state index in [0.717, 1.165) is 12.1 Å². The van der Waals surface area contributed by atoms with Gasteiger partial charge in [-0.25, -0.2) is 8.78 Å². The second-order valence-electron chi connectivity index (χ2n) is 4.15. The zero-order valence-corrected chi connectivity index (χ0v) is 10.4. The molecule has 0 heterocycles. The van der Waals surface area contributed by atoms with Gasteiger partial charge >= 0.3 is 0 Å². The zero-order chi connectivity index (χ0) is 14.5. The number of hydrogen-bond donors (Lipinski definition) is 1. The number of nitriles is 1. The molecule has 1 amide bonds. The molecular weight excluding hydrogens is 262 g/mol. The SMILES string of the molecule is N#Cc1ccc(NC(=O)Cc2ccc(F)cc2F)cc1. The Morgan fingerprint density at radius 2 is 1.85 bits per heavy atom. The molecule has 0 spiro atoms. The summed E-state index contributed by atoms with van der Waals surface area (Å²) in [5.74, 6) is -1.85. The number of rotatable bonds is 3. The maximum atomic E-state index is 13.4. The average Bonchev–Trinajstić information content (AvgIpc) is 2.43. The lowest BCUT2D eigenvalue weighted by Gasteiger charge is -2.06. The molecule has 3 nitrogen and oxygen atoms in total. The lowest BCUT2D eigenvalue weighted by atomic mass is 10.1. The van der Waals surface area contributed by atoms with Crippen LogP contribution in [-0.4, -0.2) is 5.91 Å². The number of benzene rings is 2. The summed E-state index contributed by atoms with van der Waals surface area (Å²) in [5.41, 5.74) is 1.11. The molecule has 0 atom stereocenters. The van der Waals surface area contributed by atoms with Crippen LogP contribution < -0.4 is 5.32 Å². The fraction of sp³-hybridized carbons (Fsp3) is 0.0667. The van der Waals surface area contributed by atoms with Crippen molar-refractivity contribution in [2.45, 2.75) is 6.42 Å². The van der Waals surface area contributed by atoms with E-state index in [2.05, 4.69) is 5.32 Å². The molecule has 2 rings (SSSR count). The minimum atomic E-state index is -0.750. The lowest BCUT2D eigenvalue weighted by Crippen LogP contribution is -2.15. The predicted molar refractivity (Wildman–Crippen MR) is 69.8 cm³/mol. The largest absolute Gasteiger partial charge is 0.326 e. The van der Waals surface area contributed by atoms with E-state index in [9.17, 15) is 13.6 Å². The summed E-state index contributed by atoms with van der Waals surface area (Å²) in [4.78, 5) is 11.7. The van der Waals surface area contributed by atoms with Crippen molar-refractivity contribution in [2.24, 2.45) is 0 Å². The molecule has 20 heavy (non-hydrogen) atoms. The average molecular weight is 272 g/mol. The Labute approximate surface area is 114 Å². The molecule has 0 unspecified atom stereocenters. The lowest BCUT2D eigenvalue weighted by molar-refractivity contribution is -0.115. The Morgan fingerprint density at radius 3 is 2.45 bits per heavy atom. The van der Waals surface area contributed by atoms with E-state index in [1.54, 1.807) is 24.3 Å². The molecule has 0 fully saturated rings. The molecule has 0 saturated heterocycles. The summed E-state index contributed by atoms with van der Waals surface area (Å²) >= 11 is 0. The van der Waals surface area contributed by atoms with Gasteiger partial charge < -0.3 is 5.32 Å². The van der Waals surface area contributed by atoms with Gasteiger partial charge in [-0.15, -0.1) is 0 Å². The number of hydrogen-bond acceptors (Lipinski definition) is 2. The quantitative estimate of drug-likeness (QED) is 0.933. The van der Waals surface area contributed by atoms with Crippen LogP contribution in [0.5, 0.6) is 0 Å². The van der Waals surface area contributed by atoms with E-state index >= 15 is 0 Å². The third-order valence-corrected chi connectivity index (χ3v) is 2.66. The Morgan fingerprint density at radius 1 is 1.15 bits per heavy atom. The van der Waals surface area contributed by atoms with Crippen molar-refractivity contribution in [1.29, 1.82) is 5.26 Å². The number of halogens is 2. The highest BCUT2D eigenvalue weighted by molar-refractivity contribution is 5.92. The fourth-order valence-corrected chi connectivity index (χ4v) is 1.67. The van der Waals surface area contributed by atoms with Crippen LogP contribution in [0.3, 0.4) is 0 Å². The van der Waals surface area contributed by atoms with Gasteiger partial charge in [-0.3, -0.25) is 4.79 Å². The van der Waals surface area contributed by atoms with Crippen LogP contribution in [0, 0.1) is 23.0 Å². The van der Waals surface area contributed by atoms with Crippen LogP contribution in [0.1, 0.15) is 11.1 Å². The number of anilines is 1. The van der Waals surface area contributed by atoms with Crippen molar-refractivity contribution < 1.29 is 13.6 Å². The van der Waals surface area contributed by atoms with Crippen LogP contribution in [0.15, 0.2) is 42.5 Å². The topological polar surface area (TPSA) is 52.9 Å². The summed E-state index contributed by atoms with van der Waals surface area (Å²) in [7, 11) is 0. The first-order valence-corrected chi connectivity index (χ1v) is 5.82. The van der Waals surface area contributed by atoms with Gasteiger partial charge in [0, 0.05) is 11.8 Å². The van der Waals surface area contributed by atoms with E-state index in [1.807, 2.05) is 6.07 Å². The minimum Gasteiger partial charge on any atom is -0.326 e. The summed E-state index contributed by atoms with van der Waals surface area (Å²) in [5, 5.41) is 11.2. The van der Waals surface area contributed by atoms with Crippen LogP contribution in [0.4, 0.5) is 14.5 Å². The molecule has 1 N–H and O–H groups in total. The maximum absolute atomic E-state index is 13.4. The Kier molecular flexibility index (Phi) is 4.06. The van der Waals surface area contributed by atoms with Crippen LogP contribution >= 0.6 is 0 Å². The standard InChI is InChI=1S/C15H10F2N2O/c16-12-4-3-11(14(17)8-12)7-15(20)19-13-5-1-10(9-18)2-6-13/h1-6,8H,7H2,(H,19,20). The van der Waals surface area contributed by atoms with Gasteiger partial charge in [0.2, 0.25) is 5.91 Å². The molecule has 2 aromatic carbocycles. The van der Waals surface area contributed by atoms with Gasteiger partial charge in [0.25, 0.3) is 0 Å². The number of carbonyl (C=O) groups is 1. The van der Waals surface area contributed by atoms with Gasteiger partial charge in [-0.1, -0.05) is 6.07 Å². The fourth-order valence-electron chi connectivity index (χ4n) is 1.67. The molecule has 5 heteroatoms. The van der Waals surface area contributed by atoms with E-state index < -0.39 is 17.5 Å². The molecule has 0 aliphatic rings. The van der Waals surface area contributed by atoms with E-state index in [1.165, 1.54) is 6.07 Å². The molecule has 100 valence electrons. The Hall–Kier alpha value is -2.74. The first-order valence-electron chi connectivity index (χ1n) is 5.82. The third-order valence-electron chi connectivity index (χ3n) is 2.66. The number of nitrogens with one attached hydrogen (secondary N) is 1. The highest BCUT2D eigenvalue weighted by Crippen LogP contribution is 2.13. The molecule has 0 saturated carbocycles. The van der Waals surface area contributed by atoms with Crippen molar-refractivity contribution >= 4 is 11.6 Å². The Balaban J connectivity index is 2.03. The minimum absolute atomic E-state index is 0.123. The van der Waals surface area contributed by atoms with Gasteiger partial charge in [0.15, 0.2) is 0 Å². The highest BCUT2D eigenvalue weighted by Gasteiger charge is 2.09. The summed E-state index contributed by atoms with van der Waals surface area (Å²) in [6.45, 7) is 0. The zero-order valence-electron chi connectivity index (χ0n) is 10.4. The molecule has 0 radical (unpaired) electrons. The first kappa shape index (κ1) is 13.7. The van der Waals surface area contributed by atoms with Gasteiger partial charge in [-0.2, -0.15) is 5.26 Å². The number of nitrogens with zero attached hydrogens (tertiary/aromatic N) is 1. The van der Waals surface area contributed by atoms with Gasteiger partial charge in [-0.05, 0) is 35.9 Å². The van der Waals surface area contributed by atoms with E-state index in [4.69, 9.17) is 5.26 Å². The van der Waals surface area contributed by atoms with Gasteiger partial charge in [0.05, 0.1) is 18.1 Å². The maximum Gasteiger partial charge on any atom is 0.228 e. The van der Waals surface area contributed by atoms with Crippen molar-refractivity contribution in [3.63, 3.8) is 0 Å². The predicted octanol–water partition coefficient (Wildman–Crippen LogP) is 3.02.